The smallest absolute Gasteiger partial charge is 0.322 e. The van der Waals surface area contributed by atoms with Gasteiger partial charge in [-0.1, -0.05) is 12.1 Å². The largest absolute Gasteiger partial charge is 0.491 e. The molecule has 0 saturated carbocycles. The third kappa shape index (κ3) is 4.30. The standard InChI is InChI=1S/C15H20N4O2/c1-9(2)20-12-7-5-6-11(8-12)13-17-14(16)19-15(18-13)21-10(3)4/h5-10H,1-4H3,(H2,16,17,18,19). The summed E-state index contributed by atoms with van der Waals surface area (Å²) in [5, 5.41) is 0. The van der Waals surface area contributed by atoms with Gasteiger partial charge in [0.1, 0.15) is 5.75 Å². The Hall–Kier alpha value is -2.37. The molecule has 2 N–H and O–H groups in total. The Bertz CT molecular complexity index is 614. The summed E-state index contributed by atoms with van der Waals surface area (Å²) in [5.41, 5.74) is 6.52. The molecule has 0 aliphatic carbocycles. The van der Waals surface area contributed by atoms with Gasteiger partial charge in [0.25, 0.3) is 0 Å². The number of anilines is 1. The fourth-order valence-electron chi connectivity index (χ4n) is 1.75. The van der Waals surface area contributed by atoms with Crippen molar-refractivity contribution in [2.24, 2.45) is 0 Å². The highest BCUT2D eigenvalue weighted by molar-refractivity contribution is 5.58. The van der Waals surface area contributed by atoms with Gasteiger partial charge in [-0.15, -0.1) is 0 Å². The van der Waals surface area contributed by atoms with Crippen molar-refractivity contribution in [1.82, 2.24) is 15.0 Å². The lowest BCUT2D eigenvalue weighted by molar-refractivity contribution is 0.222. The fourth-order valence-corrected chi connectivity index (χ4v) is 1.75. The average molecular weight is 288 g/mol. The van der Waals surface area contributed by atoms with Gasteiger partial charge in [0.2, 0.25) is 5.95 Å². The molecule has 6 nitrogen and oxygen atoms in total. The van der Waals surface area contributed by atoms with E-state index in [0.29, 0.717) is 5.82 Å². The van der Waals surface area contributed by atoms with E-state index in [1.165, 1.54) is 0 Å². The maximum absolute atomic E-state index is 5.72. The van der Waals surface area contributed by atoms with E-state index in [2.05, 4.69) is 15.0 Å². The predicted molar refractivity (Wildman–Crippen MR) is 81.2 cm³/mol. The molecule has 0 aliphatic rings. The minimum Gasteiger partial charge on any atom is -0.491 e. The van der Waals surface area contributed by atoms with Crippen LogP contribution in [0.1, 0.15) is 27.7 Å². The molecule has 112 valence electrons. The molecule has 2 rings (SSSR count). The summed E-state index contributed by atoms with van der Waals surface area (Å²) in [5.74, 6) is 1.35. The number of nitrogens with zero attached hydrogens (tertiary/aromatic N) is 3. The first-order valence-corrected chi connectivity index (χ1v) is 6.89. The van der Waals surface area contributed by atoms with E-state index in [-0.39, 0.29) is 24.2 Å². The molecule has 1 aromatic heterocycles. The Labute approximate surface area is 124 Å². The number of hydrogen-bond acceptors (Lipinski definition) is 6. The Kier molecular flexibility index (Phi) is 4.57. The van der Waals surface area contributed by atoms with E-state index in [1.807, 2.05) is 52.0 Å². The summed E-state index contributed by atoms with van der Waals surface area (Å²) in [6.45, 7) is 7.75. The van der Waals surface area contributed by atoms with Crippen LogP contribution in [-0.2, 0) is 0 Å². The highest BCUT2D eigenvalue weighted by Gasteiger charge is 2.10. The highest BCUT2D eigenvalue weighted by Crippen LogP contribution is 2.23. The Morgan fingerprint density at radius 3 is 2.33 bits per heavy atom. The molecule has 0 radical (unpaired) electrons. The minimum absolute atomic E-state index is 0.0322. The summed E-state index contributed by atoms with van der Waals surface area (Å²) in [6, 6.07) is 7.76. The summed E-state index contributed by atoms with van der Waals surface area (Å²) in [7, 11) is 0. The fraction of sp³-hybridized carbons (Fsp3) is 0.400. The van der Waals surface area contributed by atoms with Crippen LogP contribution in [0, 0.1) is 0 Å². The molecule has 0 atom stereocenters. The first-order chi connectivity index (χ1) is 9.94. The molecule has 0 saturated heterocycles. The number of nitrogens with two attached hydrogens (primary N) is 1. The van der Waals surface area contributed by atoms with Crippen LogP contribution in [0.25, 0.3) is 11.4 Å². The molecule has 0 bridgehead atoms. The number of hydrogen-bond donors (Lipinski definition) is 1. The van der Waals surface area contributed by atoms with E-state index in [0.717, 1.165) is 11.3 Å². The number of aromatic nitrogens is 3. The first kappa shape index (κ1) is 15.0. The van der Waals surface area contributed by atoms with Crippen molar-refractivity contribution in [2.75, 3.05) is 5.73 Å². The molecule has 1 heterocycles. The van der Waals surface area contributed by atoms with Gasteiger partial charge in [0, 0.05) is 5.56 Å². The lowest BCUT2D eigenvalue weighted by Crippen LogP contribution is -2.11. The highest BCUT2D eigenvalue weighted by atomic mass is 16.5. The molecule has 0 fully saturated rings. The zero-order valence-electron chi connectivity index (χ0n) is 12.7. The quantitative estimate of drug-likeness (QED) is 0.910. The minimum atomic E-state index is -0.0322. The molecule has 21 heavy (non-hydrogen) atoms. The summed E-state index contributed by atoms with van der Waals surface area (Å²) in [4.78, 5) is 12.4. The zero-order valence-corrected chi connectivity index (χ0v) is 12.7. The van der Waals surface area contributed by atoms with Gasteiger partial charge >= 0.3 is 6.01 Å². The molecule has 0 aliphatic heterocycles. The Morgan fingerprint density at radius 1 is 0.952 bits per heavy atom. The van der Waals surface area contributed by atoms with E-state index >= 15 is 0 Å². The Balaban J connectivity index is 2.34. The first-order valence-electron chi connectivity index (χ1n) is 6.89. The molecule has 2 aromatic rings. The average Bonchev–Trinajstić information content (AvgIpc) is 2.36. The van der Waals surface area contributed by atoms with Crippen molar-refractivity contribution < 1.29 is 9.47 Å². The van der Waals surface area contributed by atoms with E-state index in [9.17, 15) is 0 Å². The lowest BCUT2D eigenvalue weighted by atomic mass is 10.2. The SMILES string of the molecule is CC(C)Oc1cccc(-c2nc(N)nc(OC(C)C)n2)c1. The van der Waals surface area contributed by atoms with Gasteiger partial charge < -0.3 is 15.2 Å². The van der Waals surface area contributed by atoms with E-state index in [4.69, 9.17) is 15.2 Å². The zero-order chi connectivity index (χ0) is 15.4. The van der Waals surface area contributed by atoms with E-state index < -0.39 is 0 Å². The lowest BCUT2D eigenvalue weighted by Gasteiger charge is -2.11. The van der Waals surface area contributed by atoms with Crippen molar-refractivity contribution in [1.29, 1.82) is 0 Å². The van der Waals surface area contributed by atoms with Crippen LogP contribution in [0.2, 0.25) is 0 Å². The van der Waals surface area contributed by atoms with Crippen molar-refractivity contribution in [2.45, 2.75) is 39.9 Å². The summed E-state index contributed by atoms with van der Waals surface area (Å²) in [6.07, 6.45) is 0.0683. The second-order valence-corrected chi connectivity index (χ2v) is 5.16. The van der Waals surface area contributed by atoms with Crippen LogP contribution in [-0.4, -0.2) is 27.2 Å². The molecular weight excluding hydrogens is 268 g/mol. The second kappa shape index (κ2) is 6.39. The third-order valence-corrected chi connectivity index (χ3v) is 2.44. The maximum Gasteiger partial charge on any atom is 0.322 e. The number of ether oxygens (including phenoxy) is 2. The van der Waals surface area contributed by atoms with Crippen molar-refractivity contribution >= 4 is 5.95 Å². The van der Waals surface area contributed by atoms with Crippen LogP contribution >= 0.6 is 0 Å². The van der Waals surface area contributed by atoms with Crippen molar-refractivity contribution in [3.8, 4) is 23.1 Å². The third-order valence-electron chi connectivity index (χ3n) is 2.44. The van der Waals surface area contributed by atoms with Gasteiger partial charge in [-0.25, -0.2) is 0 Å². The maximum atomic E-state index is 5.72. The monoisotopic (exact) mass is 288 g/mol. The molecule has 6 heteroatoms. The van der Waals surface area contributed by atoms with Gasteiger partial charge in [-0.3, -0.25) is 0 Å². The second-order valence-electron chi connectivity index (χ2n) is 5.16. The van der Waals surface area contributed by atoms with Crippen LogP contribution in [0.3, 0.4) is 0 Å². The summed E-state index contributed by atoms with van der Waals surface area (Å²) >= 11 is 0. The van der Waals surface area contributed by atoms with Gasteiger partial charge in [0.05, 0.1) is 12.2 Å². The van der Waals surface area contributed by atoms with Gasteiger partial charge in [-0.2, -0.15) is 15.0 Å². The van der Waals surface area contributed by atoms with Crippen LogP contribution in [0.5, 0.6) is 11.8 Å². The number of rotatable bonds is 5. The van der Waals surface area contributed by atoms with E-state index in [1.54, 1.807) is 0 Å². The molecule has 1 aromatic carbocycles. The summed E-state index contributed by atoms with van der Waals surface area (Å²) < 4.78 is 11.1. The predicted octanol–water partition coefficient (Wildman–Crippen LogP) is 2.70. The van der Waals surface area contributed by atoms with Crippen LogP contribution in [0.4, 0.5) is 5.95 Å². The van der Waals surface area contributed by atoms with Gasteiger partial charge in [0.15, 0.2) is 5.82 Å². The molecular formula is C15H20N4O2. The van der Waals surface area contributed by atoms with Crippen LogP contribution in [0.15, 0.2) is 24.3 Å². The number of nitrogen functional groups attached to an aromatic ring is 1. The van der Waals surface area contributed by atoms with Crippen molar-refractivity contribution in [3.63, 3.8) is 0 Å². The van der Waals surface area contributed by atoms with Gasteiger partial charge in [-0.05, 0) is 39.8 Å². The van der Waals surface area contributed by atoms with Crippen LogP contribution < -0.4 is 15.2 Å². The molecule has 0 unspecified atom stereocenters. The Morgan fingerprint density at radius 2 is 1.67 bits per heavy atom. The normalized spacial score (nSPS) is 11.0. The molecule has 0 amide bonds. The molecule has 0 spiro atoms. The van der Waals surface area contributed by atoms with Crippen molar-refractivity contribution in [3.05, 3.63) is 24.3 Å². The number of benzene rings is 1. The topological polar surface area (TPSA) is 83.2 Å².